The van der Waals surface area contributed by atoms with E-state index in [2.05, 4.69) is 31.2 Å². The summed E-state index contributed by atoms with van der Waals surface area (Å²) in [5.74, 6) is 0.0974. The van der Waals surface area contributed by atoms with Crippen molar-refractivity contribution in [3.05, 3.63) is 142 Å². The van der Waals surface area contributed by atoms with Crippen molar-refractivity contribution in [3.63, 3.8) is 0 Å². The Morgan fingerprint density at radius 3 is 1.50 bits per heavy atom. The molecule has 4 heteroatoms. The second-order valence-corrected chi connectivity index (χ2v) is 14.2. The third kappa shape index (κ3) is 5.34. The van der Waals surface area contributed by atoms with Crippen LogP contribution in [0.2, 0.25) is 0 Å². The normalized spacial score (nSPS) is 23.6. The maximum Gasteiger partial charge on any atom is 0.193 e. The summed E-state index contributed by atoms with van der Waals surface area (Å²) in [6, 6.07) is 26.2. The SMILES string of the molecule is CC1(C2CCCCC2)CC(c2ccc(C(=O)c3ccc(F)cc3)cc2)(C2CCCCC2)c2ccc(C(=O)c3ccc(F)cc3)cc21. The van der Waals surface area contributed by atoms with Crippen molar-refractivity contribution in [1.82, 2.24) is 0 Å². The first-order valence-electron chi connectivity index (χ1n) is 17.2. The molecule has 0 N–H and O–H groups in total. The molecule has 0 bridgehead atoms. The number of hydrogen-bond donors (Lipinski definition) is 0. The highest BCUT2D eigenvalue weighted by atomic mass is 19.1. The molecule has 2 nitrogen and oxygen atoms in total. The molecule has 0 aliphatic heterocycles. The Labute approximate surface area is 271 Å². The van der Waals surface area contributed by atoms with E-state index in [1.54, 1.807) is 24.3 Å². The van der Waals surface area contributed by atoms with Gasteiger partial charge in [0.1, 0.15) is 11.6 Å². The zero-order valence-electron chi connectivity index (χ0n) is 26.7. The van der Waals surface area contributed by atoms with Crippen LogP contribution in [0.25, 0.3) is 0 Å². The van der Waals surface area contributed by atoms with Crippen molar-refractivity contribution in [1.29, 1.82) is 0 Å². The molecule has 0 spiro atoms. The van der Waals surface area contributed by atoms with E-state index in [1.165, 1.54) is 92.3 Å². The Kier molecular flexibility index (Phi) is 8.25. The quantitative estimate of drug-likeness (QED) is 0.194. The third-order valence-electron chi connectivity index (χ3n) is 11.7. The Morgan fingerprint density at radius 2 is 0.978 bits per heavy atom. The van der Waals surface area contributed by atoms with Crippen LogP contribution < -0.4 is 0 Å². The van der Waals surface area contributed by atoms with Gasteiger partial charge in [-0.25, -0.2) is 8.78 Å². The number of benzene rings is 4. The van der Waals surface area contributed by atoms with Gasteiger partial charge in [-0.2, -0.15) is 0 Å². The molecule has 0 saturated heterocycles. The number of rotatable bonds is 7. The molecule has 2 fully saturated rings. The molecule has 236 valence electrons. The predicted octanol–water partition coefficient (Wildman–Crippen LogP) is 10.5. The highest BCUT2D eigenvalue weighted by molar-refractivity contribution is 6.09. The zero-order valence-corrected chi connectivity index (χ0v) is 26.7. The molecule has 46 heavy (non-hydrogen) atoms. The number of carbonyl (C=O) groups excluding carboxylic acids is 2. The van der Waals surface area contributed by atoms with E-state index in [0.717, 1.165) is 19.3 Å². The fraction of sp³-hybridized carbons (Fsp3) is 0.381. The van der Waals surface area contributed by atoms with Crippen LogP contribution in [0.1, 0.15) is 126 Å². The van der Waals surface area contributed by atoms with Crippen LogP contribution in [-0.4, -0.2) is 11.6 Å². The highest BCUT2D eigenvalue weighted by Gasteiger charge is 2.56. The lowest BCUT2D eigenvalue weighted by Gasteiger charge is -2.45. The first-order valence-corrected chi connectivity index (χ1v) is 17.2. The van der Waals surface area contributed by atoms with Crippen molar-refractivity contribution in [3.8, 4) is 0 Å². The minimum atomic E-state index is -0.357. The molecular weight excluding hydrogens is 574 g/mol. The summed E-state index contributed by atoms with van der Waals surface area (Å²) in [6.45, 7) is 2.45. The van der Waals surface area contributed by atoms with Gasteiger partial charge in [0.15, 0.2) is 11.6 Å². The van der Waals surface area contributed by atoms with Gasteiger partial charge in [0.05, 0.1) is 0 Å². The topological polar surface area (TPSA) is 34.1 Å². The fourth-order valence-electron chi connectivity index (χ4n) is 9.33. The van der Waals surface area contributed by atoms with Gasteiger partial charge in [0, 0.05) is 27.7 Å². The van der Waals surface area contributed by atoms with Crippen LogP contribution in [-0.2, 0) is 10.8 Å². The second-order valence-electron chi connectivity index (χ2n) is 14.2. The van der Waals surface area contributed by atoms with Gasteiger partial charge in [-0.1, -0.05) is 81.8 Å². The van der Waals surface area contributed by atoms with Gasteiger partial charge in [-0.05, 0) is 121 Å². The largest absolute Gasteiger partial charge is 0.289 e. The molecule has 2 saturated carbocycles. The molecule has 3 aliphatic rings. The maximum atomic E-state index is 13.7. The van der Waals surface area contributed by atoms with E-state index >= 15 is 0 Å². The maximum absolute atomic E-state index is 13.7. The van der Waals surface area contributed by atoms with Crippen LogP contribution in [0.15, 0.2) is 91.0 Å². The molecule has 0 amide bonds. The highest BCUT2D eigenvalue weighted by Crippen LogP contribution is 2.63. The minimum Gasteiger partial charge on any atom is -0.289 e. The molecule has 4 aromatic rings. The van der Waals surface area contributed by atoms with Crippen molar-refractivity contribution in [2.24, 2.45) is 11.8 Å². The van der Waals surface area contributed by atoms with Crippen molar-refractivity contribution in [2.45, 2.75) is 88.4 Å². The average Bonchev–Trinajstić information content (AvgIpc) is 3.39. The average molecular weight is 617 g/mol. The summed E-state index contributed by atoms with van der Waals surface area (Å²) in [5, 5.41) is 0. The van der Waals surface area contributed by atoms with Crippen LogP contribution in [0, 0.1) is 23.5 Å². The summed E-state index contributed by atoms with van der Waals surface area (Å²) in [5.41, 5.74) is 5.78. The van der Waals surface area contributed by atoms with Crippen LogP contribution >= 0.6 is 0 Å². The third-order valence-corrected chi connectivity index (χ3v) is 11.7. The fourth-order valence-corrected chi connectivity index (χ4v) is 9.33. The van der Waals surface area contributed by atoms with Crippen molar-refractivity contribution in [2.75, 3.05) is 0 Å². The standard InChI is InChI=1S/C42H42F2O2/c1-41(32-8-4-2-5-9-32)27-42(33-10-6-3-7-11-33,34-19-12-28(13-20-34)39(45)29-14-21-35(43)22-15-29)37-25-18-31(26-38(37)41)40(46)30-16-23-36(44)24-17-30/h12-26,32-33H,2-11,27H2,1H3. The van der Waals surface area contributed by atoms with E-state index in [-0.39, 0.29) is 34.0 Å². The number of carbonyl (C=O) groups is 2. The van der Waals surface area contributed by atoms with E-state index in [9.17, 15) is 18.4 Å². The molecule has 7 rings (SSSR count). The molecular formula is C42H42F2O2. The van der Waals surface area contributed by atoms with Gasteiger partial charge in [-0.15, -0.1) is 0 Å². The summed E-state index contributed by atoms with van der Waals surface area (Å²) in [4.78, 5) is 27.1. The van der Waals surface area contributed by atoms with Gasteiger partial charge in [-0.3, -0.25) is 9.59 Å². The van der Waals surface area contributed by atoms with Crippen molar-refractivity contribution < 1.29 is 18.4 Å². The molecule has 2 atom stereocenters. The molecule has 0 radical (unpaired) electrons. The van der Waals surface area contributed by atoms with Crippen LogP contribution in [0.4, 0.5) is 8.78 Å². The van der Waals surface area contributed by atoms with Crippen LogP contribution in [0.5, 0.6) is 0 Å². The number of ketones is 2. The van der Waals surface area contributed by atoms with Gasteiger partial charge in [0.25, 0.3) is 0 Å². The molecule has 4 aromatic carbocycles. The van der Waals surface area contributed by atoms with Gasteiger partial charge in [0.2, 0.25) is 0 Å². The first kappa shape index (κ1) is 30.7. The lowest BCUT2D eigenvalue weighted by molar-refractivity contribution is 0.103. The Bertz CT molecular complexity index is 1730. The summed E-state index contributed by atoms with van der Waals surface area (Å²) in [6.07, 6.45) is 13.1. The predicted molar refractivity (Wildman–Crippen MR) is 178 cm³/mol. The zero-order chi connectivity index (χ0) is 31.9. The lowest BCUT2D eigenvalue weighted by atomic mass is 9.59. The summed E-state index contributed by atoms with van der Waals surface area (Å²) >= 11 is 0. The lowest BCUT2D eigenvalue weighted by Crippen LogP contribution is -2.40. The smallest absolute Gasteiger partial charge is 0.193 e. The van der Waals surface area contributed by atoms with Gasteiger partial charge >= 0.3 is 0 Å². The first-order chi connectivity index (χ1) is 22.3. The Balaban J connectivity index is 1.35. The van der Waals surface area contributed by atoms with E-state index in [4.69, 9.17) is 0 Å². The molecule has 2 unspecified atom stereocenters. The van der Waals surface area contributed by atoms with Gasteiger partial charge < -0.3 is 0 Å². The Hall–Kier alpha value is -3.92. The van der Waals surface area contributed by atoms with E-state index in [0.29, 0.717) is 34.1 Å². The number of hydrogen-bond acceptors (Lipinski definition) is 2. The van der Waals surface area contributed by atoms with Crippen molar-refractivity contribution >= 4 is 11.6 Å². The molecule has 0 aromatic heterocycles. The monoisotopic (exact) mass is 616 g/mol. The summed E-state index contributed by atoms with van der Waals surface area (Å²) < 4.78 is 27.2. The summed E-state index contributed by atoms with van der Waals surface area (Å²) in [7, 11) is 0. The second kappa shape index (κ2) is 12.4. The molecule has 3 aliphatic carbocycles. The van der Waals surface area contributed by atoms with E-state index < -0.39 is 0 Å². The van der Waals surface area contributed by atoms with E-state index in [1.807, 2.05) is 18.2 Å². The van der Waals surface area contributed by atoms with Crippen LogP contribution in [0.3, 0.4) is 0 Å². The minimum absolute atomic E-state index is 0.0763. The molecule has 0 heterocycles. The number of fused-ring (bicyclic) bond motifs is 1. The number of halogens is 2. The Morgan fingerprint density at radius 1 is 0.543 bits per heavy atom.